The first-order chi connectivity index (χ1) is 6.75. The number of aliphatic carboxylic acids is 1. The summed E-state index contributed by atoms with van der Waals surface area (Å²) in [6, 6.07) is -0.204. The highest BCUT2D eigenvalue weighted by Gasteiger charge is 2.28. The summed E-state index contributed by atoms with van der Waals surface area (Å²) in [5.41, 5.74) is 0. The van der Waals surface area contributed by atoms with Crippen molar-refractivity contribution in [2.75, 3.05) is 13.1 Å². The van der Waals surface area contributed by atoms with E-state index < -0.39 is 5.97 Å². The van der Waals surface area contributed by atoms with Crippen molar-refractivity contribution in [3.8, 4) is 0 Å². The Hall–Kier alpha value is -0.570. The van der Waals surface area contributed by atoms with E-state index >= 15 is 0 Å². The van der Waals surface area contributed by atoms with Gasteiger partial charge in [0, 0.05) is 0 Å². The Morgan fingerprint density at radius 1 is 1.36 bits per heavy atom. The van der Waals surface area contributed by atoms with Crippen molar-refractivity contribution in [1.29, 1.82) is 0 Å². The third-order valence-corrected chi connectivity index (χ3v) is 2.05. The Bertz CT molecular complexity index is 137. The molecule has 1 heterocycles. The van der Waals surface area contributed by atoms with E-state index in [9.17, 15) is 4.79 Å². The molecule has 0 aromatic rings. The standard InChI is InChI=1S/C7H13NO2.2C2H6/c1-2-8-5-3-4-6(8)7(9)10;2*1-2/h6H,2-5H2,1H3,(H,9,10);2*1-2H3. The van der Waals surface area contributed by atoms with Crippen molar-refractivity contribution in [3.63, 3.8) is 0 Å². The lowest BCUT2D eigenvalue weighted by Crippen LogP contribution is -2.35. The zero-order valence-electron chi connectivity index (χ0n) is 10.2. The topological polar surface area (TPSA) is 40.5 Å². The Balaban J connectivity index is 0. The highest BCUT2D eigenvalue weighted by Crippen LogP contribution is 2.15. The van der Waals surface area contributed by atoms with E-state index in [1.807, 2.05) is 39.5 Å². The maximum Gasteiger partial charge on any atom is 0.320 e. The minimum absolute atomic E-state index is 0.204. The van der Waals surface area contributed by atoms with Crippen molar-refractivity contribution >= 4 is 5.97 Å². The molecule has 1 unspecified atom stereocenters. The van der Waals surface area contributed by atoms with Crippen molar-refractivity contribution in [2.24, 2.45) is 0 Å². The SMILES string of the molecule is CC.CC.CCN1CCCC1C(=O)O. The van der Waals surface area contributed by atoms with E-state index in [0.717, 1.165) is 25.9 Å². The number of likely N-dealkylation sites (N-methyl/N-ethyl adjacent to an activating group) is 1. The molecule has 1 atom stereocenters. The second-order valence-corrected chi connectivity index (χ2v) is 2.62. The van der Waals surface area contributed by atoms with Crippen LogP contribution in [0.25, 0.3) is 0 Å². The number of carbonyl (C=O) groups is 1. The van der Waals surface area contributed by atoms with E-state index in [1.165, 1.54) is 0 Å². The highest BCUT2D eigenvalue weighted by molar-refractivity contribution is 5.73. The highest BCUT2D eigenvalue weighted by atomic mass is 16.4. The van der Waals surface area contributed by atoms with Crippen LogP contribution in [0.1, 0.15) is 47.5 Å². The largest absolute Gasteiger partial charge is 0.480 e. The number of likely N-dealkylation sites (tertiary alicyclic amines) is 1. The van der Waals surface area contributed by atoms with E-state index in [1.54, 1.807) is 0 Å². The van der Waals surface area contributed by atoms with Crippen LogP contribution in [0.2, 0.25) is 0 Å². The van der Waals surface area contributed by atoms with Crippen LogP contribution in [0.15, 0.2) is 0 Å². The zero-order chi connectivity index (χ0) is 11.6. The molecule has 0 aromatic carbocycles. The van der Waals surface area contributed by atoms with Gasteiger partial charge in [-0.05, 0) is 25.9 Å². The van der Waals surface area contributed by atoms with Gasteiger partial charge in [0.1, 0.15) is 6.04 Å². The first-order valence-electron chi connectivity index (χ1n) is 5.72. The van der Waals surface area contributed by atoms with Gasteiger partial charge >= 0.3 is 5.97 Å². The van der Waals surface area contributed by atoms with Crippen LogP contribution in [0.4, 0.5) is 0 Å². The summed E-state index contributed by atoms with van der Waals surface area (Å²) >= 11 is 0. The Kier molecular flexibility index (Phi) is 11.9. The van der Waals surface area contributed by atoms with E-state index in [0.29, 0.717) is 0 Å². The molecule has 0 saturated carbocycles. The lowest BCUT2D eigenvalue weighted by molar-refractivity contribution is -0.142. The lowest BCUT2D eigenvalue weighted by Gasteiger charge is -2.17. The van der Waals surface area contributed by atoms with E-state index in [4.69, 9.17) is 5.11 Å². The molecule has 1 fully saturated rings. The van der Waals surface area contributed by atoms with Gasteiger partial charge in [-0.15, -0.1) is 0 Å². The number of carboxylic acids is 1. The first-order valence-corrected chi connectivity index (χ1v) is 5.72. The number of hydrogen-bond acceptors (Lipinski definition) is 2. The average molecular weight is 203 g/mol. The predicted octanol–water partition coefficient (Wildman–Crippen LogP) is 2.61. The molecule has 1 aliphatic rings. The molecule has 1 N–H and O–H groups in total. The summed E-state index contributed by atoms with van der Waals surface area (Å²) in [6.07, 6.45) is 1.86. The van der Waals surface area contributed by atoms with Gasteiger partial charge in [0.25, 0.3) is 0 Å². The maximum absolute atomic E-state index is 10.5. The molecular weight excluding hydrogens is 178 g/mol. The van der Waals surface area contributed by atoms with Gasteiger partial charge in [-0.3, -0.25) is 9.69 Å². The third kappa shape index (κ3) is 5.22. The molecule has 86 valence electrons. The van der Waals surface area contributed by atoms with Gasteiger partial charge in [0.15, 0.2) is 0 Å². The molecule has 1 saturated heterocycles. The van der Waals surface area contributed by atoms with E-state index in [2.05, 4.69) is 0 Å². The van der Waals surface area contributed by atoms with Crippen LogP contribution >= 0.6 is 0 Å². The summed E-state index contributed by atoms with van der Waals surface area (Å²) in [7, 11) is 0. The van der Waals surface area contributed by atoms with Crippen LogP contribution < -0.4 is 0 Å². The molecule has 0 spiro atoms. The third-order valence-electron chi connectivity index (χ3n) is 2.05. The quantitative estimate of drug-likeness (QED) is 0.750. The molecule has 0 radical (unpaired) electrons. The van der Waals surface area contributed by atoms with Crippen LogP contribution in [-0.4, -0.2) is 35.1 Å². The number of carboxylic acid groups (broad SMARTS) is 1. The summed E-state index contributed by atoms with van der Waals surface area (Å²) in [5.74, 6) is -0.667. The van der Waals surface area contributed by atoms with Gasteiger partial charge in [-0.2, -0.15) is 0 Å². The molecular formula is C11H25NO2. The normalized spacial score (nSPS) is 20.2. The fourth-order valence-electron chi connectivity index (χ4n) is 1.48. The lowest BCUT2D eigenvalue weighted by atomic mass is 10.2. The van der Waals surface area contributed by atoms with Gasteiger partial charge in [-0.1, -0.05) is 34.6 Å². The molecule has 14 heavy (non-hydrogen) atoms. The zero-order valence-corrected chi connectivity index (χ0v) is 10.2. The molecule has 0 amide bonds. The average Bonchev–Trinajstić information content (AvgIpc) is 2.71. The van der Waals surface area contributed by atoms with Crippen molar-refractivity contribution in [2.45, 2.75) is 53.5 Å². The minimum atomic E-state index is -0.667. The van der Waals surface area contributed by atoms with Gasteiger partial charge < -0.3 is 5.11 Å². The van der Waals surface area contributed by atoms with Crippen molar-refractivity contribution in [3.05, 3.63) is 0 Å². The molecule has 3 nitrogen and oxygen atoms in total. The molecule has 1 rings (SSSR count). The van der Waals surface area contributed by atoms with Crippen LogP contribution in [0, 0.1) is 0 Å². The fraction of sp³-hybridized carbons (Fsp3) is 0.909. The van der Waals surface area contributed by atoms with Gasteiger partial charge in [0.05, 0.1) is 0 Å². The molecule has 0 aliphatic carbocycles. The van der Waals surface area contributed by atoms with Crippen LogP contribution in [-0.2, 0) is 4.79 Å². The monoisotopic (exact) mass is 203 g/mol. The summed E-state index contributed by atoms with van der Waals surface area (Å²) in [4.78, 5) is 12.5. The van der Waals surface area contributed by atoms with E-state index in [-0.39, 0.29) is 6.04 Å². The number of hydrogen-bond donors (Lipinski definition) is 1. The Morgan fingerprint density at radius 3 is 2.14 bits per heavy atom. The first kappa shape index (κ1) is 15.9. The minimum Gasteiger partial charge on any atom is -0.480 e. The summed E-state index contributed by atoms with van der Waals surface area (Å²) in [5, 5.41) is 8.67. The summed E-state index contributed by atoms with van der Waals surface area (Å²) in [6.45, 7) is 11.8. The maximum atomic E-state index is 10.5. The molecule has 1 aliphatic heterocycles. The molecule has 3 heteroatoms. The van der Waals surface area contributed by atoms with Crippen molar-refractivity contribution < 1.29 is 9.90 Å². The van der Waals surface area contributed by atoms with Gasteiger partial charge in [0.2, 0.25) is 0 Å². The number of nitrogens with zero attached hydrogens (tertiary/aromatic N) is 1. The smallest absolute Gasteiger partial charge is 0.320 e. The van der Waals surface area contributed by atoms with Crippen molar-refractivity contribution in [1.82, 2.24) is 4.90 Å². The van der Waals surface area contributed by atoms with Crippen LogP contribution in [0.3, 0.4) is 0 Å². The second-order valence-electron chi connectivity index (χ2n) is 2.62. The second kappa shape index (κ2) is 10.5. The fourth-order valence-corrected chi connectivity index (χ4v) is 1.48. The Labute approximate surface area is 88.1 Å². The summed E-state index contributed by atoms with van der Waals surface area (Å²) < 4.78 is 0. The van der Waals surface area contributed by atoms with Gasteiger partial charge in [-0.25, -0.2) is 0 Å². The Morgan fingerprint density at radius 2 is 1.86 bits per heavy atom. The number of rotatable bonds is 2. The molecule has 0 aromatic heterocycles. The van der Waals surface area contributed by atoms with Crippen LogP contribution in [0.5, 0.6) is 0 Å². The molecule has 0 bridgehead atoms. The predicted molar refractivity (Wildman–Crippen MR) is 60.6 cm³/mol.